The number of carbonyl (C=O) groups excluding carboxylic acids is 2. The first-order valence-electron chi connectivity index (χ1n) is 9.03. The second-order valence-corrected chi connectivity index (χ2v) is 7.41. The molecule has 1 atom stereocenters. The lowest BCUT2D eigenvalue weighted by Crippen LogP contribution is -2.35. The van der Waals surface area contributed by atoms with E-state index in [1.54, 1.807) is 6.92 Å². The zero-order valence-corrected chi connectivity index (χ0v) is 16.7. The standard InChI is InChI=1S/C22H22N2O3S/c1-15-12-20(24-19-11-7-6-10-18(15)19)28-14-21(25)27-16(2)22(26)23-13-17-8-4-3-5-9-17/h3-12,16H,13-14H2,1-2H3,(H,23,26)/t16-/m1/s1. The second-order valence-electron chi connectivity index (χ2n) is 6.42. The van der Waals surface area contributed by atoms with Gasteiger partial charge in [0.1, 0.15) is 0 Å². The number of thioether (sulfide) groups is 1. The minimum absolute atomic E-state index is 0.0983. The summed E-state index contributed by atoms with van der Waals surface area (Å²) in [5.41, 5.74) is 2.99. The van der Waals surface area contributed by atoms with Gasteiger partial charge in [0.05, 0.1) is 16.3 Å². The highest BCUT2D eigenvalue weighted by atomic mass is 32.2. The molecule has 2 aromatic carbocycles. The van der Waals surface area contributed by atoms with Crippen LogP contribution >= 0.6 is 11.8 Å². The third kappa shape index (κ3) is 5.33. The van der Waals surface area contributed by atoms with Crippen LogP contribution in [0, 0.1) is 6.92 Å². The van der Waals surface area contributed by atoms with Crippen molar-refractivity contribution in [1.29, 1.82) is 0 Å². The van der Waals surface area contributed by atoms with Crippen LogP contribution in [0.4, 0.5) is 0 Å². The van der Waals surface area contributed by atoms with Crippen LogP contribution in [0.2, 0.25) is 0 Å². The van der Waals surface area contributed by atoms with Gasteiger partial charge in [0.15, 0.2) is 6.10 Å². The molecular weight excluding hydrogens is 372 g/mol. The molecule has 5 nitrogen and oxygen atoms in total. The Morgan fingerprint density at radius 2 is 1.82 bits per heavy atom. The summed E-state index contributed by atoms with van der Waals surface area (Å²) < 4.78 is 5.24. The highest BCUT2D eigenvalue weighted by Crippen LogP contribution is 2.23. The molecule has 0 saturated heterocycles. The summed E-state index contributed by atoms with van der Waals surface area (Å²) in [7, 11) is 0. The number of esters is 1. The summed E-state index contributed by atoms with van der Waals surface area (Å²) in [5, 5.41) is 4.62. The first-order valence-corrected chi connectivity index (χ1v) is 10.0. The number of hydrogen-bond donors (Lipinski definition) is 1. The maximum Gasteiger partial charge on any atom is 0.317 e. The lowest BCUT2D eigenvalue weighted by atomic mass is 10.1. The van der Waals surface area contributed by atoms with E-state index in [2.05, 4.69) is 10.3 Å². The van der Waals surface area contributed by atoms with Crippen molar-refractivity contribution in [3.8, 4) is 0 Å². The molecule has 0 aliphatic rings. The lowest BCUT2D eigenvalue weighted by Gasteiger charge is -2.13. The van der Waals surface area contributed by atoms with E-state index < -0.39 is 12.1 Å². The Hall–Kier alpha value is -2.86. The molecule has 3 aromatic rings. The SMILES string of the molecule is Cc1cc(SCC(=O)O[C@H](C)C(=O)NCc2ccccc2)nc2ccccc12. The van der Waals surface area contributed by atoms with Crippen LogP contribution in [0.1, 0.15) is 18.1 Å². The van der Waals surface area contributed by atoms with Crippen LogP contribution in [-0.4, -0.2) is 28.7 Å². The van der Waals surface area contributed by atoms with Gasteiger partial charge in [0.25, 0.3) is 5.91 Å². The Morgan fingerprint density at radius 1 is 1.11 bits per heavy atom. The third-order valence-electron chi connectivity index (χ3n) is 4.22. The van der Waals surface area contributed by atoms with Gasteiger partial charge in [-0.15, -0.1) is 0 Å². The van der Waals surface area contributed by atoms with Gasteiger partial charge in [-0.1, -0.05) is 60.3 Å². The van der Waals surface area contributed by atoms with Crippen molar-refractivity contribution in [2.24, 2.45) is 0 Å². The molecule has 144 valence electrons. The van der Waals surface area contributed by atoms with Crippen LogP contribution in [0.15, 0.2) is 65.7 Å². The van der Waals surface area contributed by atoms with Crippen LogP contribution in [-0.2, 0) is 20.9 Å². The van der Waals surface area contributed by atoms with E-state index in [1.165, 1.54) is 11.8 Å². The number of amides is 1. The summed E-state index contributed by atoms with van der Waals surface area (Å²) in [4.78, 5) is 28.8. The van der Waals surface area contributed by atoms with E-state index in [1.807, 2.05) is 67.6 Å². The molecule has 0 aliphatic carbocycles. The number of aryl methyl sites for hydroxylation is 1. The predicted molar refractivity (Wildman–Crippen MR) is 111 cm³/mol. The van der Waals surface area contributed by atoms with Crippen molar-refractivity contribution in [2.75, 3.05) is 5.75 Å². The molecule has 6 heteroatoms. The number of fused-ring (bicyclic) bond motifs is 1. The monoisotopic (exact) mass is 394 g/mol. The molecule has 0 spiro atoms. The first kappa shape index (κ1) is 19.9. The van der Waals surface area contributed by atoms with Gasteiger partial charge in [0, 0.05) is 11.9 Å². The molecule has 0 bridgehead atoms. The zero-order chi connectivity index (χ0) is 19.9. The zero-order valence-electron chi connectivity index (χ0n) is 15.8. The number of benzene rings is 2. The lowest BCUT2D eigenvalue weighted by molar-refractivity contribution is -0.152. The minimum atomic E-state index is -0.844. The molecule has 1 aromatic heterocycles. The Balaban J connectivity index is 1.49. The maximum atomic E-state index is 12.1. The van der Waals surface area contributed by atoms with Crippen molar-refractivity contribution < 1.29 is 14.3 Å². The average molecular weight is 394 g/mol. The van der Waals surface area contributed by atoms with E-state index in [4.69, 9.17) is 4.74 Å². The van der Waals surface area contributed by atoms with Crippen molar-refractivity contribution in [1.82, 2.24) is 10.3 Å². The smallest absolute Gasteiger partial charge is 0.317 e. The molecule has 0 fully saturated rings. The fourth-order valence-electron chi connectivity index (χ4n) is 2.74. The van der Waals surface area contributed by atoms with E-state index in [0.717, 1.165) is 27.1 Å². The Bertz CT molecular complexity index is 976. The Labute approximate surface area is 168 Å². The summed E-state index contributed by atoms with van der Waals surface area (Å²) in [5.74, 6) is -0.664. The number of rotatable bonds is 7. The molecule has 1 heterocycles. The van der Waals surface area contributed by atoms with Gasteiger partial charge in [-0.05, 0) is 37.1 Å². The highest BCUT2D eigenvalue weighted by molar-refractivity contribution is 7.99. The van der Waals surface area contributed by atoms with Gasteiger partial charge in [0.2, 0.25) is 0 Å². The van der Waals surface area contributed by atoms with E-state index >= 15 is 0 Å². The third-order valence-corrected chi connectivity index (χ3v) is 5.11. The van der Waals surface area contributed by atoms with Gasteiger partial charge < -0.3 is 10.1 Å². The van der Waals surface area contributed by atoms with E-state index in [9.17, 15) is 9.59 Å². The molecule has 1 N–H and O–H groups in total. The van der Waals surface area contributed by atoms with Crippen molar-refractivity contribution in [3.63, 3.8) is 0 Å². The van der Waals surface area contributed by atoms with Crippen LogP contribution < -0.4 is 5.32 Å². The molecular formula is C22H22N2O3S. The van der Waals surface area contributed by atoms with Gasteiger partial charge >= 0.3 is 5.97 Å². The number of nitrogens with zero attached hydrogens (tertiary/aromatic N) is 1. The Kier molecular flexibility index (Phi) is 6.66. The minimum Gasteiger partial charge on any atom is -0.452 e. The average Bonchev–Trinajstić information content (AvgIpc) is 2.71. The second kappa shape index (κ2) is 9.37. The topological polar surface area (TPSA) is 68.3 Å². The normalized spacial score (nSPS) is 11.8. The van der Waals surface area contributed by atoms with Gasteiger partial charge in [-0.25, -0.2) is 4.98 Å². The number of hydrogen-bond acceptors (Lipinski definition) is 5. The summed E-state index contributed by atoms with van der Waals surface area (Å²) >= 11 is 1.30. The quantitative estimate of drug-likeness (QED) is 0.486. The molecule has 0 unspecified atom stereocenters. The number of pyridine rings is 1. The van der Waals surface area contributed by atoms with Crippen LogP contribution in [0.5, 0.6) is 0 Å². The highest BCUT2D eigenvalue weighted by Gasteiger charge is 2.18. The molecule has 0 radical (unpaired) electrons. The van der Waals surface area contributed by atoms with Crippen molar-refractivity contribution in [2.45, 2.75) is 31.5 Å². The maximum absolute atomic E-state index is 12.1. The van der Waals surface area contributed by atoms with E-state index in [-0.39, 0.29) is 11.7 Å². The molecule has 28 heavy (non-hydrogen) atoms. The number of carbonyl (C=O) groups is 2. The summed E-state index contributed by atoms with van der Waals surface area (Å²) in [6.45, 7) is 3.99. The Morgan fingerprint density at radius 3 is 2.61 bits per heavy atom. The first-order chi connectivity index (χ1) is 13.5. The fraction of sp³-hybridized carbons (Fsp3) is 0.227. The molecule has 3 rings (SSSR count). The molecule has 1 amide bonds. The van der Waals surface area contributed by atoms with Gasteiger partial charge in [-0.2, -0.15) is 0 Å². The predicted octanol–water partition coefficient (Wildman–Crippen LogP) is 3.88. The van der Waals surface area contributed by atoms with Crippen LogP contribution in [0.3, 0.4) is 0 Å². The number of ether oxygens (including phenoxy) is 1. The summed E-state index contributed by atoms with van der Waals surface area (Å²) in [6.07, 6.45) is -0.844. The molecule has 0 saturated carbocycles. The van der Waals surface area contributed by atoms with Gasteiger partial charge in [-0.3, -0.25) is 9.59 Å². The number of para-hydroxylation sites is 1. The molecule has 0 aliphatic heterocycles. The number of nitrogens with one attached hydrogen (secondary N) is 1. The van der Waals surface area contributed by atoms with Crippen molar-refractivity contribution >= 4 is 34.5 Å². The van der Waals surface area contributed by atoms with Crippen LogP contribution in [0.25, 0.3) is 10.9 Å². The number of aromatic nitrogens is 1. The van der Waals surface area contributed by atoms with Crippen molar-refractivity contribution in [3.05, 3.63) is 71.8 Å². The van der Waals surface area contributed by atoms with E-state index in [0.29, 0.717) is 6.54 Å². The fourth-order valence-corrected chi connectivity index (χ4v) is 3.50. The largest absolute Gasteiger partial charge is 0.452 e. The summed E-state index contributed by atoms with van der Waals surface area (Å²) in [6, 6.07) is 19.4.